The minimum atomic E-state index is -0.453. The third-order valence-electron chi connectivity index (χ3n) is 5.32. The lowest BCUT2D eigenvalue weighted by Gasteiger charge is -2.23. The van der Waals surface area contributed by atoms with E-state index in [-0.39, 0.29) is 0 Å². The standard InChI is InChI=1S/C29H26O4/c1-31-18-19-32-28-17-12-22(21-30)20-27(28)29(25-10-6-3-7-11-25)33-26-15-13-24(14-16-26)23-8-4-2-5-9-23/h2-17,20-21,29H,18-19H2,1H3. The number of carbonyl (C=O) groups excluding carboxylic acids is 1. The van der Waals surface area contributed by atoms with Crippen molar-refractivity contribution in [2.24, 2.45) is 0 Å². The first kappa shape index (κ1) is 22.3. The Balaban J connectivity index is 1.69. The molecule has 4 heteroatoms. The summed E-state index contributed by atoms with van der Waals surface area (Å²) < 4.78 is 17.6. The van der Waals surface area contributed by atoms with Gasteiger partial charge in [0.05, 0.1) is 6.61 Å². The van der Waals surface area contributed by atoms with Crippen LogP contribution in [0, 0.1) is 0 Å². The minimum Gasteiger partial charge on any atom is -0.491 e. The highest BCUT2D eigenvalue weighted by atomic mass is 16.5. The van der Waals surface area contributed by atoms with Gasteiger partial charge in [-0.25, -0.2) is 0 Å². The summed E-state index contributed by atoms with van der Waals surface area (Å²) in [6.45, 7) is 0.865. The van der Waals surface area contributed by atoms with Crippen LogP contribution in [0.3, 0.4) is 0 Å². The molecule has 1 atom stereocenters. The SMILES string of the molecule is COCCOc1ccc(C=O)cc1C(Oc1ccc(-c2ccccc2)cc1)c1ccccc1. The number of carbonyl (C=O) groups is 1. The molecule has 0 bridgehead atoms. The van der Waals surface area contributed by atoms with Crippen molar-refractivity contribution in [2.45, 2.75) is 6.10 Å². The molecular weight excluding hydrogens is 412 g/mol. The Morgan fingerprint density at radius 1 is 0.758 bits per heavy atom. The zero-order chi connectivity index (χ0) is 22.9. The normalized spacial score (nSPS) is 11.5. The molecule has 0 spiro atoms. The van der Waals surface area contributed by atoms with E-state index in [0.29, 0.717) is 24.5 Å². The van der Waals surface area contributed by atoms with Crippen molar-refractivity contribution in [1.82, 2.24) is 0 Å². The van der Waals surface area contributed by atoms with Crippen molar-refractivity contribution >= 4 is 6.29 Å². The molecule has 4 nitrogen and oxygen atoms in total. The Morgan fingerprint density at radius 3 is 2.09 bits per heavy atom. The number of hydrogen-bond donors (Lipinski definition) is 0. The molecular formula is C29H26O4. The fourth-order valence-corrected chi connectivity index (χ4v) is 3.64. The predicted octanol–water partition coefficient (Wildman–Crippen LogP) is 6.36. The summed E-state index contributed by atoms with van der Waals surface area (Å²) in [6.07, 6.45) is 0.380. The molecule has 0 heterocycles. The Bertz CT molecular complexity index is 1160. The van der Waals surface area contributed by atoms with Gasteiger partial charge in [0.1, 0.15) is 24.4 Å². The molecule has 0 saturated carbocycles. The highest BCUT2D eigenvalue weighted by molar-refractivity contribution is 5.76. The second-order valence-corrected chi connectivity index (χ2v) is 7.56. The molecule has 166 valence electrons. The highest BCUT2D eigenvalue weighted by Crippen LogP contribution is 2.35. The third kappa shape index (κ3) is 5.68. The summed E-state index contributed by atoms with van der Waals surface area (Å²) in [4.78, 5) is 11.5. The van der Waals surface area contributed by atoms with Gasteiger partial charge in [-0.15, -0.1) is 0 Å². The number of hydrogen-bond acceptors (Lipinski definition) is 4. The Labute approximate surface area is 194 Å². The minimum absolute atomic E-state index is 0.400. The van der Waals surface area contributed by atoms with E-state index in [1.165, 1.54) is 0 Å². The summed E-state index contributed by atoms with van der Waals surface area (Å²) in [5.41, 5.74) is 4.58. The van der Waals surface area contributed by atoms with Crippen LogP contribution in [0.25, 0.3) is 11.1 Å². The molecule has 0 fully saturated rings. The van der Waals surface area contributed by atoms with Crippen molar-refractivity contribution in [2.75, 3.05) is 20.3 Å². The van der Waals surface area contributed by atoms with E-state index in [4.69, 9.17) is 14.2 Å². The van der Waals surface area contributed by atoms with Crippen LogP contribution < -0.4 is 9.47 Å². The largest absolute Gasteiger partial charge is 0.491 e. The van der Waals surface area contributed by atoms with E-state index in [9.17, 15) is 4.79 Å². The number of ether oxygens (including phenoxy) is 3. The average molecular weight is 439 g/mol. The van der Waals surface area contributed by atoms with Crippen LogP contribution in [0.2, 0.25) is 0 Å². The van der Waals surface area contributed by atoms with Crippen LogP contribution >= 0.6 is 0 Å². The van der Waals surface area contributed by atoms with Crippen LogP contribution in [0.1, 0.15) is 27.6 Å². The highest BCUT2D eigenvalue weighted by Gasteiger charge is 2.21. The van der Waals surface area contributed by atoms with Crippen LogP contribution in [-0.2, 0) is 4.74 Å². The van der Waals surface area contributed by atoms with Crippen molar-refractivity contribution in [3.05, 3.63) is 120 Å². The summed E-state index contributed by atoms with van der Waals surface area (Å²) >= 11 is 0. The van der Waals surface area contributed by atoms with Crippen molar-refractivity contribution < 1.29 is 19.0 Å². The van der Waals surface area contributed by atoms with Gasteiger partial charge < -0.3 is 14.2 Å². The number of aldehydes is 1. The fraction of sp³-hybridized carbons (Fsp3) is 0.138. The molecule has 0 N–H and O–H groups in total. The van der Waals surface area contributed by atoms with E-state index in [0.717, 1.165) is 34.3 Å². The van der Waals surface area contributed by atoms with Gasteiger partial charge in [-0.3, -0.25) is 4.79 Å². The molecule has 4 aromatic carbocycles. The molecule has 33 heavy (non-hydrogen) atoms. The van der Waals surface area contributed by atoms with E-state index < -0.39 is 6.10 Å². The lowest BCUT2D eigenvalue weighted by atomic mass is 9.98. The smallest absolute Gasteiger partial charge is 0.152 e. The van der Waals surface area contributed by atoms with Crippen molar-refractivity contribution in [3.63, 3.8) is 0 Å². The maximum atomic E-state index is 11.5. The molecule has 0 aromatic heterocycles. The molecule has 0 radical (unpaired) electrons. The zero-order valence-corrected chi connectivity index (χ0v) is 18.5. The van der Waals surface area contributed by atoms with Crippen LogP contribution in [0.4, 0.5) is 0 Å². The van der Waals surface area contributed by atoms with Gasteiger partial charge in [0, 0.05) is 18.2 Å². The van der Waals surface area contributed by atoms with E-state index >= 15 is 0 Å². The molecule has 0 aliphatic rings. The molecule has 0 amide bonds. The Hall–Kier alpha value is -3.89. The van der Waals surface area contributed by atoms with Gasteiger partial charge in [-0.2, -0.15) is 0 Å². The summed E-state index contributed by atoms with van der Waals surface area (Å²) in [7, 11) is 1.63. The lowest BCUT2D eigenvalue weighted by Crippen LogP contribution is -2.13. The number of benzene rings is 4. The molecule has 1 unspecified atom stereocenters. The van der Waals surface area contributed by atoms with Gasteiger partial charge in [-0.1, -0.05) is 72.8 Å². The molecule has 0 aliphatic heterocycles. The predicted molar refractivity (Wildman–Crippen MR) is 130 cm³/mol. The van der Waals surface area contributed by atoms with Crippen molar-refractivity contribution in [3.8, 4) is 22.6 Å². The van der Waals surface area contributed by atoms with E-state index in [1.54, 1.807) is 13.2 Å². The Morgan fingerprint density at radius 2 is 1.42 bits per heavy atom. The number of methoxy groups -OCH3 is 1. The summed E-state index contributed by atoms with van der Waals surface area (Å²) in [5, 5.41) is 0. The maximum absolute atomic E-state index is 11.5. The number of rotatable bonds is 10. The molecule has 4 rings (SSSR count). The quantitative estimate of drug-likeness (QED) is 0.213. The van der Waals surface area contributed by atoms with E-state index in [2.05, 4.69) is 12.1 Å². The fourth-order valence-electron chi connectivity index (χ4n) is 3.64. The van der Waals surface area contributed by atoms with Crippen LogP contribution in [0.5, 0.6) is 11.5 Å². The molecule has 0 aliphatic carbocycles. The van der Waals surface area contributed by atoms with Gasteiger partial charge >= 0.3 is 0 Å². The lowest BCUT2D eigenvalue weighted by molar-refractivity contribution is 0.112. The summed E-state index contributed by atoms with van der Waals surface area (Å²) in [5.74, 6) is 1.38. The third-order valence-corrected chi connectivity index (χ3v) is 5.32. The first-order valence-corrected chi connectivity index (χ1v) is 10.9. The molecule has 4 aromatic rings. The second kappa shape index (κ2) is 11.1. The first-order chi connectivity index (χ1) is 16.3. The zero-order valence-electron chi connectivity index (χ0n) is 18.5. The average Bonchev–Trinajstić information content (AvgIpc) is 2.89. The topological polar surface area (TPSA) is 44.8 Å². The van der Waals surface area contributed by atoms with Crippen LogP contribution in [0.15, 0.2) is 103 Å². The first-order valence-electron chi connectivity index (χ1n) is 10.9. The second-order valence-electron chi connectivity index (χ2n) is 7.56. The molecule has 0 saturated heterocycles. The maximum Gasteiger partial charge on any atom is 0.152 e. The van der Waals surface area contributed by atoms with Crippen LogP contribution in [-0.4, -0.2) is 26.6 Å². The summed E-state index contributed by atoms with van der Waals surface area (Å²) in [6, 6.07) is 33.5. The van der Waals surface area contributed by atoms with Gasteiger partial charge in [-0.05, 0) is 47.0 Å². The van der Waals surface area contributed by atoms with E-state index in [1.807, 2.05) is 84.9 Å². The van der Waals surface area contributed by atoms with Gasteiger partial charge in [0.25, 0.3) is 0 Å². The van der Waals surface area contributed by atoms with Gasteiger partial charge in [0.15, 0.2) is 6.10 Å². The van der Waals surface area contributed by atoms with Gasteiger partial charge in [0.2, 0.25) is 0 Å². The van der Waals surface area contributed by atoms with Crippen molar-refractivity contribution in [1.29, 1.82) is 0 Å². The monoisotopic (exact) mass is 438 g/mol. The Kier molecular flexibility index (Phi) is 7.52.